The number of hydrogen-bond donors (Lipinski definition) is 1. The maximum Gasteiger partial charge on any atom is 0.172 e. The van der Waals surface area contributed by atoms with Crippen molar-refractivity contribution in [2.75, 3.05) is 4.90 Å². The molecule has 2 aromatic rings. The minimum atomic E-state index is 0.390. The summed E-state index contributed by atoms with van der Waals surface area (Å²) in [6, 6.07) is 16.9. The molecule has 3 nitrogen and oxygen atoms in total. The van der Waals surface area contributed by atoms with Crippen LogP contribution in [0.5, 0.6) is 0 Å². The first-order chi connectivity index (χ1) is 11.2. The van der Waals surface area contributed by atoms with Crippen LogP contribution in [0, 0.1) is 0 Å². The second-order valence-corrected chi connectivity index (χ2v) is 6.57. The molecule has 3 rings (SSSR count). The van der Waals surface area contributed by atoms with E-state index in [0.29, 0.717) is 11.2 Å². The predicted octanol–water partition coefficient (Wildman–Crippen LogP) is 4.06. The second-order valence-electron chi connectivity index (χ2n) is 6.15. The van der Waals surface area contributed by atoms with Crippen LogP contribution in [0.3, 0.4) is 0 Å². The molecule has 0 atom stereocenters. The molecule has 2 N–H and O–H groups in total. The number of nitrogens with zero attached hydrogens (tertiary/aromatic N) is 2. The fourth-order valence-electron chi connectivity index (χ4n) is 3.32. The van der Waals surface area contributed by atoms with Gasteiger partial charge in [-0.1, -0.05) is 55.7 Å². The molecular formula is C19H23N3S. The highest BCUT2D eigenvalue weighted by Gasteiger charge is 2.24. The molecule has 0 aliphatic heterocycles. The lowest BCUT2D eigenvalue weighted by Gasteiger charge is -2.34. The van der Waals surface area contributed by atoms with E-state index in [1.54, 1.807) is 0 Å². The fourth-order valence-corrected chi connectivity index (χ4v) is 3.57. The SMILES string of the molecule is NC(=S)N(c1cccc(Cc2ccccc2)n1)C1CCCCC1. The average Bonchev–Trinajstić information content (AvgIpc) is 2.57. The number of benzene rings is 1. The highest BCUT2D eigenvalue weighted by molar-refractivity contribution is 7.80. The third-order valence-electron chi connectivity index (χ3n) is 4.44. The van der Waals surface area contributed by atoms with Gasteiger partial charge in [-0.25, -0.2) is 4.98 Å². The van der Waals surface area contributed by atoms with Gasteiger partial charge >= 0.3 is 0 Å². The molecule has 0 unspecified atom stereocenters. The summed E-state index contributed by atoms with van der Waals surface area (Å²) in [7, 11) is 0. The molecule has 0 bridgehead atoms. The van der Waals surface area contributed by atoms with Gasteiger partial charge in [0.2, 0.25) is 0 Å². The maximum absolute atomic E-state index is 6.02. The fraction of sp³-hybridized carbons (Fsp3) is 0.368. The molecule has 1 heterocycles. The van der Waals surface area contributed by atoms with Crippen LogP contribution in [-0.4, -0.2) is 16.1 Å². The third kappa shape index (κ3) is 4.08. The van der Waals surface area contributed by atoms with Crippen LogP contribution in [-0.2, 0) is 6.42 Å². The Morgan fingerprint density at radius 3 is 2.48 bits per heavy atom. The van der Waals surface area contributed by atoms with Crippen LogP contribution in [0.15, 0.2) is 48.5 Å². The number of hydrogen-bond acceptors (Lipinski definition) is 2. The first-order valence-electron chi connectivity index (χ1n) is 8.32. The summed E-state index contributed by atoms with van der Waals surface area (Å²) in [4.78, 5) is 6.88. The summed E-state index contributed by atoms with van der Waals surface area (Å²) in [6.45, 7) is 0. The van der Waals surface area contributed by atoms with Gasteiger partial charge in [-0.15, -0.1) is 0 Å². The second kappa shape index (κ2) is 7.55. The molecule has 120 valence electrons. The summed E-state index contributed by atoms with van der Waals surface area (Å²) in [5.41, 5.74) is 8.33. The molecule has 0 saturated heterocycles. The normalized spacial score (nSPS) is 15.3. The zero-order chi connectivity index (χ0) is 16.1. The van der Waals surface area contributed by atoms with Gasteiger partial charge in [0.05, 0.1) is 0 Å². The van der Waals surface area contributed by atoms with Crippen molar-refractivity contribution in [3.05, 3.63) is 59.8 Å². The largest absolute Gasteiger partial charge is 0.376 e. The predicted molar refractivity (Wildman–Crippen MR) is 99.6 cm³/mol. The maximum atomic E-state index is 6.02. The molecule has 1 aliphatic carbocycles. The van der Waals surface area contributed by atoms with E-state index in [2.05, 4.69) is 41.3 Å². The topological polar surface area (TPSA) is 42.1 Å². The van der Waals surface area contributed by atoms with Crippen molar-refractivity contribution in [3.63, 3.8) is 0 Å². The van der Waals surface area contributed by atoms with Gasteiger partial charge < -0.3 is 10.6 Å². The Balaban J connectivity index is 1.83. The number of thiocarbonyl (C=S) groups is 1. The van der Waals surface area contributed by atoms with E-state index in [9.17, 15) is 0 Å². The van der Waals surface area contributed by atoms with E-state index in [-0.39, 0.29) is 0 Å². The summed E-state index contributed by atoms with van der Waals surface area (Å²) >= 11 is 5.32. The van der Waals surface area contributed by atoms with Crippen molar-refractivity contribution in [1.82, 2.24) is 4.98 Å². The molecule has 1 saturated carbocycles. The highest BCUT2D eigenvalue weighted by atomic mass is 32.1. The molecule has 1 aromatic carbocycles. The van der Waals surface area contributed by atoms with E-state index in [1.807, 2.05) is 12.1 Å². The zero-order valence-corrected chi connectivity index (χ0v) is 14.1. The molecule has 0 radical (unpaired) electrons. The van der Waals surface area contributed by atoms with Crippen LogP contribution in [0.1, 0.15) is 43.4 Å². The number of aromatic nitrogens is 1. The van der Waals surface area contributed by atoms with E-state index in [1.165, 1.54) is 24.8 Å². The standard InChI is InChI=1S/C19H23N3S/c20-19(23)22(17-11-5-2-6-12-17)18-13-7-10-16(21-18)14-15-8-3-1-4-9-15/h1,3-4,7-10,13,17H,2,5-6,11-12,14H2,(H2,20,23). The van der Waals surface area contributed by atoms with Crippen molar-refractivity contribution in [2.45, 2.75) is 44.6 Å². The van der Waals surface area contributed by atoms with Gasteiger partial charge in [-0.2, -0.15) is 0 Å². The van der Waals surface area contributed by atoms with Crippen molar-refractivity contribution in [3.8, 4) is 0 Å². The Kier molecular flexibility index (Phi) is 5.23. The van der Waals surface area contributed by atoms with Gasteiger partial charge in [-0.05, 0) is 42.8 Å². The highest BCUT2D eigenvalue weighted by Crippen LogP contribution is 2.26. The summed E-state index contributed by atoms with van der Waals surface area (Å²) in [6.07, 6.45) is 6.90. The minimum absolute atomic E-state index is 0.390. The smallest absolute Gasteiger partial charge is 0.172 e. The third-order valence-corrected chi connectivity index (χ3v) is 4.64. The molecule has 0 amide bonds. The van der Waals surface area contributed by atoms with Gasteiger partial charge in [0, 0.05) is 18.2 Å². The molecule has 1 fully saturated rings. The molecule has 1 aliphatic rings. The van der Waals surface area contributed by atoms with Crippen LogP contribution < -0.4 is 10.6 Å². The van der Waals surface area contributed by atoms with Crippen molar-refractivity contribution < 1.29 is 0 Å². The van der Waals surface area contributed by atoms with E-state index >= 15 is 0 Å². The quantitative estimate of drug-likeness (QED) is 0.861. The van der Waals surface area contributed by atoms with Crippen LogP contribution in [0.2, 0.25) is 0 Å². The Hall–Kier alpha value is -1.94. The van der Waals surface area contributed by atoms with Crippen LogP contribution in [0.4, 0.5) is 5.82 Å². The number of rotatable bonds is 4. The molecular weight excluding hydrogens is 302 g/mol. The summed E-state index contributed by atoms with van der Waals surface area (Å²) in [5, 5.41) is 0.432. The summed E-state index contributed by atoms with van der Waals surface area (Å²) < 4.78 is 0. The molecule has 23 heavy (non-hydrogen) atoms. The zero-order valence-electron chi connectivity index (χ0n) is 13.3. The Labute approximate surface area is 143 Å². The van der Waals surface area contributed by atoms with Crippen molar-refractivity contribution in [2.24, 2.45) is 5.73 Å². The lowest BCUT2D eigenvalue weighted by Crippen LogP contribution is -2.45. The van der Waals surface area contributed by atoms with E-state index in [4.69, 9.17) is 22.9 Å². The lowest BCUT2D eigenvalue weighted by molar-refractivity contribution is 0.439. The van der Waals surface area contributed by atoms with Gasteiger partial charge in [0.15, 0.2) is 5.11 Å². The van der Waals surface area contributed by atoms with Crippen molar-refractivity contribution in [1.29, 1.82) is 0 Å². The van der Waals surface area contributed by atoms with E-state index in [0.717, 1.165) is 30.8 Å². The summed E-state index contributed by atoms with van der Waals surface area (Å²) in [5.74, 6) is 0.887. The van der Waals surface area contributed by atoms with Crippen LogP contribution in [0.25, 0.3) is 0 Å². The van der Waals surface area contributed by atoms with Gasteiger partial charge in [0.25, 0.3) is 0 Å². The average molecular weight is 325 g/mol. The number of pyridine rings is 1. The minimum Gasteiger partial charge on any atom is -0.376 e. The molecule has 0 spiro atoms. The first-order valence-corrected chi connectivity index (χ1v) is 8.73. The first kappa shape index (κ1) is 15.9. The van der Waals surface area contributed by atoms with E-state index < -0.39 is 0 Å². The molecule has 4 heteroatoms. The monoisotopic (exact) mass is 325 g/mol. The lowest BCUT2D eigenvalue weighted by atomic mass is 9.94. The van der Waals surface area contributed by atoms with Gasteiger partial charge in [0.1, 0.15) is 5.82 Å². The molecule has 1 aromatic heterocycles. The van der Waals surface area contributed by atoms with Gasteiger partial charge in [-0.3, -0.25) is 0 Å². The van der Waals surface area contributed by atoms with Crippen LogP contribution >= 0.6 is 12.2 Å². The van der Waals surface area contributed by atoms with Crippen molar-refractivity contribution >= 4 is 23.1 Å². The number of anilines is 1. The number of nitrogens with two attached hydrogens (primary N) is 1. The Morgan fingerprint density at radius 2 is 1.78 bits per heavy atom. The Bertz CT molecular complexity index is 651. The Morgan fingerprint density at radius 1 is 1.04 bits per heavy atom.